The molecular formula is C13H20O4. The predicted octanol–water partition coefficient (Wildman–Crippen LogP) is 1.83. The van der Waals surface area contributed by atoms with Gasteiger partial charge in [0.1, 0.15) is 0 Å². The summed E-state index contributed by atoms with van der Waals surface area (Å²) in [7, 11) is 0. The van der Waals surface area contributed by atoms with Crippen molar-refractivity contribution in [2.75, 3.05) is 13.2 Å². The summed E-state index contributed by atoms with van der Waals surface area (Å²) in [6.45, 7) is 1.38. The molecule has 2 saturated heterocycles. The fourth-order valence-electron chi connectivity index (χ4n) is 3.40. The second-order valence-corrected chi connectivity index (χ2v) is 5.68. The number of aliphatic carboxylic acids is 1. The number of carboxylic acid groups (broad SMARTS) is 1. The van der Waals surface area contributed by atoms with Gasteiger partial charge < -0.3 is 14.6 Å². The second kappa shape index (κ2) is 4.25. The Morgan fingerprint density at radius 3 is 2.65 bits per heavy atom. The number of ether oxygens (including phenoxy) is 2. The highest BCUT2D eigenvalue weighted by molar-refractivity contribution is 5.76. The summed E-state index contributed by atoms with van der Waals surface area (Å²) in [4.78, 5) is 11.7. The minimum atomic E-state index is -0.678. The van der Waals surface area contributed by atoms with Crippen molar-refractivity contribution in [3.05, 3.63) is 0 Å². The minimum Gasteiger partial charge on any atom is -0.481 e. The lowest BCUT2D eigenvalue weighted by molar-refractivity contribution is -0.156. The van der Waals surface area contributed by atoms with Crippen molar-refractivity contribution < 1.29 is 19.4 Å². The Labute approximate surface area is 101 Å². The Hall–Kier alpha value is -0.610. The summed E-state index contributed by atoms with van der Waals surface area (Å²) >= 11 is 0. The summed E-state index contributed by atoms with van der Waals surface area (Å²) in [5.41, 5.74) is -0.670. The van der Waals surface area contributed by atoms with Crippen molar-refractivity contribution in [2.45, 2.75) is 50.7 Å². The van der Waals surface area contributed by atoms with Gasteiger partial charge in [-0.1, -0.05) is 0 Å². The first-order chi connectivity index (χ1) is 8.22. The van der Waals surface area contributed by atoms with E-state index in [1.54, 1.807) is 0 Å². The average molecular weight is 240 g/mol. The normalized spacial score (nSPS) is 41.9. The monoisotopic (exact) mass is 240 g/mol. The SMILES string of the molecule is O=C(O)C1(CC2CCCO2)CCOC1C1CC1. The zero-order valence-corrected chi connectivity index (χ0v) is 10.1. The van der Waals surface area contributed by atoms with Crippen molar-refractivity contribution in [3.63, 3.8) is 0 Å². The third kappa shape index (κ3) is 1.97. The van der Waals surface area contributed by atoms with E-state index in [4.69, 9.17) is 9.47 Å². The van der Waals surface area contributed by atoms with Crippen molar-refractivity contribution in [1.82, 2.24) is 0 Å². The predicted molar refractivity (Wildman–Crippen MR) is 60.7 cm³/mol. The van der Waals surface area contributed by atoms with E-state index < -0.39 is 11.4 Å². The topological polar surface area (TPSA) is 55.8 Å². The van der Waals surface area contributed by atoms with E-state index in [0.717, 1.165) is 32.3 Å². The molecule has 3 rings (SSSR count). The van der Waals surface area contributed by atoms with Gasteiger partial charge in [0.15, 0.2) is 0 Å². The molecule has 2 aliphatic heterocycles. The quantitative estimate of drug-likeness (QED) is 0.814. The van der Waals surface area contributed by atoms with Crippen LogP contribution in [-0.4, -0.2) is 36.5 Å². The Kier molecular flexibility index (Phi) is 2.87. The third-order valence-corrected chi connectivity index (χ3v) is 4.48. The summed E-state index contributed by atoms with van der Waals surface area (Å²) < 4.78 is 11.3. The van der Waals surface area contributed by atoms with Crippen LogP contribution >= 0.6 is 0 Å². The van der Waals surface area contributed by atoms with Gasteiger partial charge in [-0.2, -0.15) is 0 Å². The molecule has 2 heterocycles. The lowest BCUT2D eigenvalue weighted by Crippen LogP contribution is -2.42. The lowest BCUT2D eigenvalue weighted by Gasteiger charge is -2.32. The number of rotatable bonds is 4. The first-order valence-electron chi connectivity index (χ1n) is 6.69. The molecule has 3 aliphatic rings. The highest BCUT2D eigenvalue weighted by Gasteiger charge is 2.56. The molecule has 1 aliphatic carbocycles. The maximum Gasteiger partial charge on any atom is 0.312 e. The first-order valence-corrected chi connectivity index (χ1v) is 6.69. The lowest BCUT2D eigenvalue weighted by atomic mass is 9.74. The van der Waals surface area contributed by atoms with E-state index in [0.29, 0.717) is 25.4 Å². The van der Waals surface area contributed by atoms with Crippen LogP contribution in [0.3, 0.4) is 0 Å². The van der Waals surface area contributed by atoms with Crippen LogP contribution in [0, 0.1) is 11.3 Å². The van der Waals surface area contributed by atoms with Gasteiger partial charge in [-0.3, -0.25) is 4.79 Å². The van der Waals surface area contributed by atoms with Gasteiger partial charge in [0.2, 0.25) is 0 Å². The van der Waals surface area contributed by atoms with E-state index in [-0.39, 0.29) is 12.2 Å². The fourth-order valence-corrected chi connectivity index (χ4v) is 3.40. The van der Waals surface area contributed by atoms with Crippen LogP contribution in [0.4, 0.5) is 0 Å². The molecule has 1 N–H and O–H groups in total. The molecule has 96 valence electrons. The Bertz CT molecular complexity index is 307. The summed E-state index contributed by atoms with van der Waals surface area (Å²) in [5, 5.41) is 9.64. The van der Waals surface area contributed by atoms with Crippen LogP contribution in [-0.2, 0) is 14.3 Å². The van der Waals surface area contributed by atoms with Gasteiger partial charge in [0.25, 0.3) is 0 Å². The number of carboxylic acids is 1. The highest BCUT2D eigenvalue weighted by atomic mass is 16.5. The standard InChI is InChI=1S/C13H20O4/c14-12(15)13(8-10-2-1-6-16-10)5-7-17-11(13)9-3-4-9/h9-11H,1-8H2,(H,14,15). The number of hydrogen-bond acceptors (Lipinski definition) is 3. The van der Waals surface area contributed by atoms with E-state index in [1.165, 1.54) is 0 Å². The van der Waals surface area contributed by atoms with Gasteiger partial charge in [-0.05, 0) is 44.4 Å². The van der Waals surface area contributed by atoms with Crippen molar-refractivity contribution in [1.29, 1.82) is 0 Å². The van der Waals surface area contributed by atoms with Crippen LogP contribution in [0.1, 0.15) is 38.5 Å². The molecule has 0 spiro atoms. The van der Waals surface area contributed by atoms with Gasteiger partial charge in [-0.25, -0.2) is 0 Å². The Morgan fingerprint density at radius 2 is 2.06 bits per heavy atom. The van der Waals surface area contributed by atoms with Crippen LogP contribution in [0.5, 0.6) is 0 Å². The largest absolute Gasteiger partial charge is 0.481 e. The summed E-state index contributed by atoms with van der Waals surface area (Å²) in [6.07, 6.45) is 5.70. The van der Waals surface area contributed by atoms with Crippen molar-refractivity contribution >= 4 is 5.97 Å². The van der Waals surface area contributed by atoms with Gasteiger partial charge in [-0.15, -0.1) is 0 Å². The van der Waals surface area contributed by atoms with E-state index in [1.807, 2.05) is 0 Å². The zero-order valence-electron chi connectivity index (χ0n) is 10.1. The third-order valence-electron chi connectivity index (χ3n) is 4.48. The molecule has 4 nitrogen and oxygen atoms in total. The number of hydrogen-bond donors (Lipinski definition) is 1. The Balaban J connectivity index is 1.78. The maximum atomic E-state index is 11.7. The molecule has 0 aromatic rings. The van der Waals surface area contributed by atoms with Crippen molar-refractivity contribution in [2.24, 2.45) is 11.3 Å². The van der Waals surface area contributed by atoms with Crippen LogP contribution in [0.2, 0.25) is 0 Å². The highest BCUT2D eigenvalue weighted by Crippen LogP contribution is 2.51. The molecule has 1 saturated carbocycles. The first kappa shape index (κ1) is 11.5. The molecule has 0 aromatic carbocycles. The van der Waals surface area contributed by atoms with Crippen LogP contribution < -0.4 is 0 Å². The molecule has 3 atom stereocenters. The Morgan fingerprint density at radius 1 is 1.24 bits per heavy atom. The molecule has 17 heavy (non-hydrogen) atoms. The van der Waals surface area contributed by atoms with Crippen molar-refractivity contribution in [3.8, 4) is 0 Å². The molecule has 3 fully saturated rings. The zero-order chi connectivity index (χ0) is 11.9. The molecule has 0 radical (unpaired) electrons. The van der Waals surface area contributed by atoms with Gasteiger partial charge in [0.05, 0.1) is 17.6 Å². The van der Waals surface area contributed by atoms with E-state index in [2.05, 4.69) is 0 Å². The van der Waals surface area contributed by atoms with E-state index in [9.17, 15) is 9.90 Å². The molecule has 3 unspecified atom stereocenters. The number of carbonyl (C=O) groups is 1. The molecular weight excluding hydrogens is 220 g/mol. The maximum absolute atomic E-state index is 11.7. The molecule has 4 heteroatoms. The summed E-state index contributed by atoms with van der Waals surface area (Å²) in [5.74, 6) is -0.197. The van der Waals surface area contributed by atoms with Gasteiger partial charge in [0, 0.05) is 13.2 Å². The molecule has 0 amide bonds. The molecule has 0 bridgehead atoms. The smallest absolute Gasteiger partial charge is 0.312 e. The van der Waals surface area contributed by atoms with Gasteiger partial charge >= 0.3 is 5.97 Å². The fraction of sp³-hybridized carbons (Fsp3) is 0.923. The second-order valence-electron chi connectivity index (χ2n) is 5.68. The minimum absolute atomic E-state index is 0.0656. The average Bonchev–Trinajstić information content (AvgIpc) is 2.86. The van der Waals surface area contributed by atoms with Crippen LogP contribution in [0.15, 0.2) is 0 Å². The van der Waals surface area contributed by atoms with Crippen LogP contribution in [0.25, 0.3) is 0 Å². The summed E-state index contributed by atoms with van der Waals surface area (Å²) in [6, 6.07) is 0. The molecule has 0 aromatic heterocycles. The van der Waals surface area contributed by atoms with E-state index >= 15 is 0 Å².